The number of carbonyl (C=O) groups is 1. The zero-order chi connectivity index (χ0) is 22.3. The van der Waals surface area contributed by atoms with E-state index in [-0.39, 0.29) is 23.0 Å². The minimum Gasteiger partial charge on any atom is -0.419 e. The Labute approximate surface area is 179 Å². The molecule has 0 atom stereocenters. The third-order valence-corrected chi connectivity index (χ3v) is 4.73. The molecule has 0 spiro atoms. The molecule has 0 saturated heterocycles. The number of benzene rings is 3. The molecule has 0 aliphatic rings. The first kappa shape index (κ1) is 21.6. The summed E-state index contributed by atoms with van der Waals surface area (Å²) in [6.45, 7) is 0. The molecule has 9 heteroatoms. The van der Waals surface area contributed by atoms with Crippen molar-refractivity contribution < 1.29 is 22.1 Å². The molecule has 0 heterocycles. The molecular weight excluding hydrogens is 418 g/mol. The molecule has 31 heavy (non-hydrogen) atoms. The maximum atomic E-state index is 12.4. The van der Waals surface area contributed by atoms with Crippen LogP contribution in [0, 0.1) is 0 Å². The van der Waals surface area contributed by atoms with Gasteiger partial charge in [-0.25, -0.2) is 9.79 Å². The second kappa shape index (κ2) is 9.59. The fourth-order valence-electron chi connectivity index (χ4n) is 2.46. The first-order valence-corrected chi connectivity index (χ1v) is 10.5. The Kier molecular flexibility index (Phi) is 6.68. The average Bonchev–Trinajstić information content (AvgIpc) is 2.74. The Hall–Kier alpha value is -4.11. The number of aliphatic imine (C=N–C) groups is 1. The number of guanidine groups is 1. The molecule has 158 valence electrons. The molecule has 0 bridgehead atoms. The smallest absolute Gasteiger partial charge is 0.343 e. The Balaban J connectivity index is 1.75. The van der Waals surface area contributed by atoms with E-state index in [4.69, 9.17) is 20.4 Å². The summed E-state index contributed by atoms with van der Waals surface area (Å²) in [7, 11) is -4.08. The molecule has 0 amide bonds. The summed E-state index contributed by atoms with van der Waals surface area (Å²) < 4.78 is 35.1. The Morgan fingerprint density at radius 2 is 1.45 bits per heavy atom. The van der Waals surface area contributed by atoms with Crippen molar-refractivity contribution in [3.8, 4) is 11.5 Å². The van der Waals surface area contributed by atoms with Gasteiger partial charge >= 0.3 is 16.1 Å². The van der Waals surface area contributed by atoms with Gasteiger partial charge in [0.25, 0.3) is 0 Å². The van der Waals surface area contributed by atoms with Crippen molar-refractivity contribution in [3.05, 3.63) is 95.4 Å². The van der Waals surface area contributed by atoms with Crippen molar-refractivity contribution in [2.24, 2.45) is 16.5 Å². The summed E-state index contributed by atoms with van der Waals surface area (Å²) in [6, 6.07) is 20.9. The summed E-state index contributed by atoms with van der Waals surface area (Å²) in [5, 5.41) is 0.934. The molecular formula is C22H19N3O5S. The van der Waals surface area contributed by atoms with Gasteiger partial charge in [0.05, 0.1) is 16.7 Å². The minimum atomic E-state index is -4.08. The van der Waals surface area contributed by atoms with E-state index < -0.39 is 16.1 Å². The summed E-state index contributed by atoms with van der Waals surface area (Å²) in [4.78, 5) is 16.3. The van der Waals surface area contributed by atoms with Crippen molar-refractivity contribution in [2.45, 2.75) is 0 Å². The fourth-order valence-corrected chi connectivity index (χ4v) is 3.23. The van der Waals surface area contributed by atoms with E-state index in [0.717, 1.165) is 5.41 Å². The highest BCUT2D eigenvalue weighted by Gasteiger charge is 2.16. The second-order valence-electron chi connectivity index (χ2n) is 6.21. The van der Waals surface area contributed by atoms with Gasteiger partial charge in [-0.3, -0.25) is 0 Å². The maximum absolute atomic E-state index is 12.4. The fraction of sp³-hybridized carbons (Fsp3) is 0. The van der Waals surface area contributed by atoms with E-state index >= 15 is 0 Å². The summed E-state index contributed by atoms with van der Waals surface area (Å²) in [5.74, 6) is -0.975. The zero-order valence-electron chi connectivity index (χ0n) is 16.2. The molecule has 3 aromatic rings. The molecule has 0 saturated carbocycles. The van der Waals surface area contributed by atoms with Crippen LogP contribution in [0.5, 0.6) is 11.5 Å². The molecule has 0 aliphatic carbocycles. The number of ether oxygens (including phenoxy) is 1. The van der Waals surface area contributed by atoms with Gasteiger partial charge in [0.2, 0.25) is 0 Å². The number of nitrogens with zero attached hydrogens (tertiary/aromatic N) is 1. The largest absolute Gasteiger partial charge is 0.419 e. The van der Waals surface area contributed by atoms with E-state index in [1.54, 1.807) is 36.4 Å². The lowest BCUT2D eigenvalue weighted by Gasteiger charge is -2.10. The first-order chi connectivity index (χ1) is 14.8. The Morgan fingerprint density at radius 3 is 2.10 bits per heavy atom. The van der Waals surface area contributed by atoms with Crippen LogP contribution in [0.25, 0.3) is 6.08 Å². The van der Waals surface area contributed by atoms with Gasteiger partial charge in [-0.15, -0.1) is 0 Å². The SMILES string of the molecule is NC(N)=Nc1ccc(C(=O)Oc2ccccc2OS(=O)(=O)/C=C/c2ccccc2)cc1. The van der Waals surface area contributed by atoms with Crippen LogP contribution < -0.4 is 20.4 Å². The van der Waals surface area contributed by atoms with Crippen LogP contribution in [0.2, 0.25) is 0 Å². The van der Waals surface area contributed by atoms with E-state index in [0.29, 0.717) is 11.3 Å². The first-order valence-electron chi connectivity index (χ1n) is 9.01. The van der Waals surface area contributed by atoms with Gasteiger partial charge in [0.15, 0.2) is 17.5 Å². The predicted octanol–water partition coefficient (Wildman–Crippen LogP) is 3.19. The number of nitrogens with two attached hydrogens (primary N) is 2. The Bertz CT molecular complexity index is 1220. The van der Waals surface area contributed by atoms with Crippen LogP contribution in [-0.4, -0.2) is 20.3 Å². The zero-order valence-corrected chi connectivity index (χ0v) is 17.0. The summed E-state index contributed by atoms with van der Waals surface area (Å²) >= 11 is 0. The maximum Gasteiger partial charge on any atom is 0.343 e. The molecule has 0 unspecified atom stereocenters. The Morgan fingerprint density at radius 1 is 0.839 bits per heavy atom. The molecule has 4 N–H and O–H groups in total. The number of esters is 1. The van der Waals surface area contributed by atoms with Gasteiger partial charge in [-0.05, 0) is 48.0 Å². The van der Waals surface area contributed by atoms with Gasteiger partial charge in [0, 0.05) is 0 Å². The molecule has 0 radical (unpaired) electrons. The van der Waals surface area contributed by atoms with Gasteiger partial charge in [-0.2, -0.15) is 8.42 Å². The normalized spacial score (nSPS) is 11.1. The second-order valence-corrected chi connectivity index (χ2v) is 7.63. The summed E-state index contributed by atoms with van der Waals surface area (Å²) in [6.07, 6.45) is 1.40. The molecule has 8 nitrogen and oxygen atoms in total. The van der Waals surface area contributed by atoms with Crippen molar-refractivity contribution in [2.75, 3.05) is 0 Å². The van der Waals surface area contributed by atoms with E-state index in [1.165, 1.54) is 42.5 Å². The van der Waals surface area contributed by atoms with Crippen LogP contribution in [0.3, 0.4) is 0 Å². The monoisotopic (exact) mass is 437 g/mol. The van der Waals surface area contributed by atoms with E-state index in [9.17, 15) is 13.2 Å². The van der Waals surface area contributed by atoms with E-state index in [1.807, 2.05) is 6.07 Å². The molecule has 0 fully saturated rings. The van der Waals surface area contributed by atoms with Crippen molar-refractivity contribution in [3.63, 3.8) is 0 Å². The lowest BCUT2D eigenvalue weighted by atomic mass is 10.2. The lowest BCUT2D eigenvalue weighted by Crippen LogP contribution is -2.21. The lowest BCUT2D eigenvalue weighted by molar-refractivity contribution is 0.0731. The highest BCUT2D eigenvalue weighted by Crippen LogP contribution is 2.29. The van der Waals surface area contributed by atoms with Crippen molar-refractivity contribution in [1.82, 2.24) is 0 Å². The molecule has 0 aromatic heterocycles. The van der Waals surface area contributed by atoms with E-state index in [2.05, 4.69) is 4.99 Å². The molecule has 3 aromatic carbocycles. The highest BCUT2D eigenvalue weighted by molar-refractivity contribution is 7.90. The number of hydrogen-bond acceptors (Lipinski definition) is 6. The standard InChI is InChI=1S/C22H19N3O5S/c23-22(24)25-18-12-10-17(11-13-18)21(26)29-19-8-4-5-9-20(19)30-31(27,28)15-14-16-6-2-1-3-7-16/h1-15H,(H4,23,24,25)/b15-14+. The van der Waals surface area contributed by atoms with Crippen LogP contribution in [0.4, 0.5) is 5.69 Å². The number of carbonyl (C=O) groups excluding carboxylic acids is 1. The van der Waals surface area contributed by atoms with Crippen LogP contribution in [0.15, 0.2) is 89.3 Å². The predicted molar refractivity (Wildman–Crippen MR) is 118 cm³/mol. The number of hydrogen-bond donors (Lipinski definition) is 2. The minimum absolute atomic E-state index is 0.0440. The van der Waals surface area contributed by atoms with Gasteiger partial charge in [-0.1, -0.05) is 42.5 Å². The van der Waals surface area contributed by atoms with Gasteiger partial charge in [0.1, 0.15) is 0 Å². The quantitative estimate of drug-likeness (QED) is 0.191. The van der Waals surface area contributed by atoms with Crippen LogP contribution in [0.1, 0.15) is 15.9 Å². The molecule has 0 aliphatic heterocycles. The topological polar surface area (TPSA) is 134 Å². The number of rotatable bonds is 7. The van der Waals surface area contributed by atoms with Crippen LogP contribution in [-0.2, 0) is 10.1 Å². The third kappa shape index (κ3) is 6.44. The number of para-hydroxylation sites is 2. The van der Waals surface area contributed by atoms with Crippen molar-refractivity contribution in [1.29, 1.82) is 0 Å². The van der Waals surface area contributed by atoms with Crippen molar-refractivity contribution >= 4 is 33.8 Å². The van der Waals surface area contributed by atoms with Crippen LogP contribution >= 0.6 is 0 Å². The highest BCUT2D eigenvalue weighted by atomic mass is 32.2. The molecule has 3 rings (SSSR count). The summed E-state index contributed by atoms with van der Waals surface area (Å²) in [5.41, 5.74) is 12.0. The van der Waals surface area contributed by atoms with Gasteiger partial charge < -0.3 is 20.4 Å². The average molecular weight is 437 g/mol. The third-order valence-electron chi connectivity index (χ3n) is 3.85.